The summed E-state index contributed by atoms with van der Waals surface area (Å²) in [6.07, 6.45) is 1.98. The van der Waals surface area contributed by atoms with Crippen LogP contribution in [0.3, 0.4) is 0 Å². The molecule has 3 rings (SSSR count). The van der Waals surface area contributed by atoms with Gasteiger partial charge in [-0.15, -0.1) is 0 Å². The Morgan fingerprint density at radius 1 is 1.33 bits per heavy atom. The number of nitrogens with one attached hydrogen (secondary N) is 1. The number of H-pyrrole nitrogens is 1. The molecular formula is C18H23N3O3. The van der Waals surface area contributed by atoms with Crippen LogP contribution in [0.4, 0.5) is 0 Å². The number of carbonyl (C=O) groups is 1. The number of likely N-dealkylation sites (N-methyl/N-ethyl adjacent to an activating group) is 1. The third kappa shape index (κ3) is 3.33. The lowest BCUT2D eigenvalue weighted by Crippen LogP contribution is -2.37. The Morgan fingerprint density at radius 2 is 2.00 bits per heavy atom. The van der Waals surface area contributed by atoms with Gasteiger partial charge < -0.3 is 9.64 Å². The van der Waals surface area contributed by atoms with Crippen molar-refractivity contribution in [3.8, 4) is 0 Å². The fourth-order valence-corrected chi connectivity index (χ4v) is 3.32. The second kappa shape index (κ2) is 7.13. The van der Waals surface area contributed by atoms with Crippen molar-refractivity contribution in [1.82, 2.24) is 15.1 Å². The number of aromatic nitrogens is 2. The van der Waals surface area contributed by atoms with Gasteiger partial charge in [-0.2, -0.15) is 5.10 Å². The van der Waals surface area contributed by atoms with Crippen molar-refractivity contribution in [3.05, 3.63) is 40.3 Å². The molecule has 0 unspecified atom stereocenters. The van der Waals surface area contributed by atoms with Gasteiger partial charge in [-0.1, -0.05) is 18.2 Å². The Morgan fingerprint density at radius 3 is 2.71 bits per heavy atom. The average Bonchev–Trinajstić information content (AvgIpc) is 2.62. The largest absolute Gasteiger partial charge is 0.381 e. The van der Waals surface area contributed by atoms with Crippen LogP contribution in [0.2, 0.25) is 0 Å². The lowest BCUT2D eigenvalue weighted by Gasteiger charge is -2.28. The van der Waals surface area contributed by atoms with E-state index in [1.807, 2.05) is 32.2 Å². The summed E-state index contributed by atoms with van der Waals surface area (Å²) in [4.78, 5) is 26.5. The highest BCUT2D eigenvalue weighted by Crippen LogP contribution is 2.23. The predicted molar refractivity (Wildman–Crippen MR) is 92.0 cm³/mol. The van der Waals surface area contributed by atoms with E-state index in [0.717, 1.165) is 38.0 Å². The summed E-state index contributed by atoms with van der Waals surface area (Å²) < 4.78 is 5.37. The van der Waals surface area contributed by atoms with Crippen molar-refractivity contribution in [2.24, 2.45) is 5.92 Å². The molecule has 2 heterocycles. The van der Waals surface area contributed by atoms with Gasteiger partial charge in [0.1, 0.15) is 0 Å². The van der Waals surface area contributed by atoms with Gasteiger partial charge in [0.25, 0.3) is 5.56 Å². The first-order valence-corrected chi connectivity index (χ1v) is 8.38. The smallest absolute Gasteiger partial charge is 0.272 e. The van der Waals surface area contributed by atoms with Gasteiger partial charge in [0, 0.05) is 32.2 Å². The Balaban J connectivity index is 1.80. The number of carbonyl (C=O) groups excluding carboxylic acids is 1. The molecule has 0 aliphatic carbocycles. The van der Waals surface area contributed by atoms with Gasteiger partial charge in [-0.05, 0) is 31.7 Å². The van der Waals surface area contributed by atoms with Crippen molar-refractivity contribution in [1.29, 1.82) is 0 Å². The molecule has 24 heavy (non-hydrogen) atoms. The van der Waals surface area contributed by atoms with Crippen LogP contribution in [0.15, 0.2) is 29.1 Å². The summed E-state index contributed by atoms with van der Waals surface area (Å²) in [5.41, 5.74) is 0.388. The maximum absolute atomic E-state index is 12.8. The maximum Gasteiger partial charge on any atom is 0.272 e. The second-order valence-corrected chi connectivity index (χ2v) is 6.48. The number of amides is 1. The molecule has 1 saturated heterocycles. The summed E-state index contributed by atoms with van der Waals surface area (Å²) in [7, 11) is 1.84. The normalized spacial score (nSPS) is 16.9. The first-order valence-electron chi connectivity index (χ1n) is 8.38. The van der Waals surface area contributed by atoms with E-state index in [9.17, 15) is 9.59 Å². The van der Waals surface area contributed by atoms with E-state index in [2.05, 4.69) is 10.2 Å². The van der Waals surface area contributed by atoms with Crippen LogP contribution < -0.4 is 5.56 Å². The zero-order chi connectivity index (χ0) is 17.1. The minimum Gasteiger partial charge on any atom is -0.381 e. The molecule has 1 amide bonds. The number of hydrogen-bond donors (Lipinski definition) is 1. The third-order valence-electron chi connectivity index (χ3n) is 4.76. The summed E-state index contributed by atoms with van der Waals surface area (Å²) in [5, 5.41) is 7.96. The molecule has 128 valence electrons. The molecule has 1 atom stereocenters. The van der Waals surface area contributed by atoms with Crippen LogP contribution in [-0.4, -0.2) is 47.8 Å². The van der Waals surface area contributed by atoms with E-state index in [4.69, 9.17) is 4.74 Å². The molecule has 0 radical (unpaired) electrons. The standard InChI is InChI=1S/C18H23N3O3/c1-12(18(23)21(2)11-13-7-9-24-10-8-13)16-14-5-3-4-6-15(14)17(22)20-19-16/h3-6,12-13H,7-11H2,1-2H3,(H,20,22)/t12-/m1/s1. The first kappa shape index (κ1) is 16.6. The third-order valence-corrected chi connectivity index (χ3v) is 4.76. The molecule has 1 aliphatic rings. The Kier molecular flexibility index (Phi) is 4.94. The van der Waals surface area contributed by atoms with Crippen LogP contribution in [-0.2, 0) is 9.53 Å². The number of rotatable bonds is 4. The van der Waals surface area contributed by atoms with Crippen LogP contribution >= 0.6 is 0 Å². The Labute approximate surface area is 140 Å². The molecule has 1 aromatic heterocycles. The molecule has 6 heteroatoms. The van der Waals surface area contributed by atoms with E-state index >= 15 is 0 Å². The number of fused-ring (bicyclic) bond motifs is 1. The van der Waals surface area contributed by atoms with Gasteiger partial charge >= 0.3 is 0 Å². The highest BCUT2D eigenvalue weighted by atomic mass is 16.5. The lowest BCUT2D eigenvalue weighted by molar-refractivity contribution is -0.132. The summed E-state index contributed by atoms with van der Waals surface area (Å²) in [6.45, 7) is 4.12. The predicted octanol–water partition coefficient (Wildman–Crippen LogP) is 1.91. The number of aromatic amines is 1. The summed E-state index contributed by atoms with van der Waals surface area (Å²) in [5.74, 6) is 0.1000. The maximum atomic E-state index is 12.8. The quantitative estimate of drug-likeness (QED) is 0.930. The molecule has 0 spiro atoms. The van der Waals surface area contributed by atoms with Gasteiger partial charge in [-0.25, -0.2) is 5.10 Å². The molecule has 1 aromatic carbocycles. The van der Waals surface area contributed by atoms with Crippen molar-refractivity contribution in [3.63, 3.8) is 0 Å². The molecule has 1 N–H and O–H groups in total. The molecule has 0 saturated carbocycles. The molecule has 0 bridgehead atoms. The van der Waals surface area contributed by atoms with E-state index < -0.39 is 5.92 Å². The summed E-state index contributed by atoms with van der Waals surface area (Å²) >= 11 is 0. The molecule has 2 aromatic rings. The minimum atomic E-state index is -0.406. The van der Waals surface area contributed by atoms with E-state index in [0.29, 0.717) is 17.0 Å². The minimum absolute atomic E-state index is 0.0196. The zero-order valence-corrected chi connectivity index (χ0v) is 14.1. The average molecular weight is 329 g/mol. The lowest BCUT2D eigenvalue weighted by atomic mass is 9.97. The zero-order valence-electron chi connectivity index (χ0n) is 14.1. The van der Waals surface area contributed by atoms with Crippen molar-refractivity contribution in [2.45, 2.75) is 25.7 Å². The molecule has 1 fully saturated rings. The fraction of sp³-hybridized carbons (Fsp3) is 0.500. The van der Waals surface area contributed by atoms with Crippen LogP contribution in [0.5, 0.6) is 0 Å². The molecule has 1 aliphatic heterocycles. The highest BCUT2D eigenvalue weighted by molar-refractivity contribution is 5.90. The van der Waals surface area contributed by atoms with Crippen LogP contribution in [0, 0.1) is 5.92 Å². The fourth-order valence-electron chi connectivity index (χ4n) is 3.32. The highest BCUT2D eigenvalue weighted by Gasteiger charge is 2.25. The number of hydrogen-bond acceptors (Lipinski definition) is 4. The number of ether oxygens (including phenoxy) is 1. The summed E-state index contributed by atoms with van der Waals surface area (Å²) in [6, 6.07) is 7.26. The van der Waals surface area contributed by atoms with Crippen molar-refractivity contribution < 1.29 is 9.53 Å². The van der Waals surface area contributed by atoms with E-state index in [-0.39, 0.29) is 11.5 Å². The van der Waals surface area contributed by atoms with Crippen LogP contribution in [0.25, 0.3) is 10.8 Å². The van der Waals surface area contributed by atoms with Gasteiger partial charge in [0.05, 0.1) is 17.0 Å². The number of benzene rings is 1. The molecular weight excluding hydrogens is 306 g/mol. The van der Waals surface area contributed by atoms with Gasteiger partial charge in [0.15, 0.2) is 0 Å². The Hall–Kier alpha value is -2.21. The van der Waals surface area contributed by atoms with Crippen LogP contribution in [0.1, 0.15) is 31.4 Å². The number of nitrogens with zero attached hydrogens (tertiary/aromatic N) is 2. The Bertz CT molecular complexity index is 780. The monoisotopic (exact) mass is 329 g/mol. The van der Waals surface area contributed by atoms with Gasteiger partial charge in [-0.3, -0.25) is 9.59 Å². The van der Waals surface area contributed by atoms with Gasteiger partial charge in [0.2, 0.25) is 5.91 Å². The molecule has 6 nitrogen and oxygen atoms in total. The SMILES string of the molecule is C[C@@H](C(=O)N(C)CC1CCOCC1)c1n[nH]c(=O)c2ccccc12. The topological polar surface area (TPSA) is 75.3 Å². The first-order chi connectivity index (χ1) is 11.6. The van der Waals surface area contributed by atoms with E-state index in [1.54, 1.807) is 11.0 Å². The van der Waals surface area contributed by atoms with Crippen molar-refractivity contribution in [2.75, 3.05) is 26.8 Å². The van der Waals surface area contributed by atoms with E-state index in [1.165, 1.54) is 0 Å². The van der Waals surface area contributed by atoms with Crippen molar-refractivity contribution >= 4 is 16.7 Å². The second-order valence-electron chi connectivity index (χ2n) is 6.48.